The number of hydrogen-bond acceptors (Lipinski definition) is 9. The Balaban J connectivity index is 1.49. The molecule has 0 aliphatic carbocycles. The minimum atomic E-state index is -1.04. The van der Waals surface area contributed by atoms with Crippen LogP contribution >= 0.6 is 35.3 Å². The van der Waals surface area contributed by atoms with E-state index in [4.69, 9.17) is 10.7 Å². The normalized spacial score (nSPS) is 24.7. The number of phenolic OH excluding ortho intramolecular Hbond substituents is 2. The van der Waals surface area contributed by atoms with E-state index in [1.165, 1.54) is 17.8 Å². The number of carboxylic acid groups (broad SMARTS) is 1. The summed E-state index contributed by atoms with van der Waals surface area (Å²) in [4.78, 5) is 20.7. The summed E-state index contributed by atoms with van der Waals surface area (Å²) in [5.74, 6) is 2.12. The molecule has 0 bridgehead atoms. The molecule has 0 spiro atoms. The minimum Gasteiger partial charge on any atom is -0.508 e. The highest BCUT2D eigenvalue weighted by Crippen LogP contribution is 2.39. The van der Waals surface area contributed by atoms with E-state index in [0.29, 0.717) is 11.3 Å². The van der Waals surface area contributed by atoms with Crippen LogP contribution in [0.3, 0.4) is 0 Å². The first-order valence-corrected chi connectivity index (χ1v) is 13.2. The summed E-state index contributed by atoms with van der Waals surface area (Å²) in [6.07, 6.45) is 0.733. The molecule has 0 aromatic heterocycles. The zero-order valence-corrected chi connectivity index (χ0v) is 20.3. The number of aliphatic carboxylic acids is 1. The predicted octanol–water partition coefficient (Wildman–Crippen LogP) is 3.43. The van der Waals surface area contributed by atoms with Gasteiger partial charge in [0, 0.05) is 46.1 Å². The van der Waals surface area contributed by atoms with Gasteiger partial charge in [0.15, 0.2) is 5.54 Å². The van der Waals surface area contributed by atoms with E-state index < -0.39 is 11.5 Å². The SMILES string of the molecule is CC(C)(CC(N)CSCC1CSC(c2ccc(O)cc2O)=N1)C1=NC(C)(C(=O)O)CS1. The smallest absolute Gasteiger partial charge is 0.332 e. The number of phenols is 2. The van der Waals surface area contributed by atoms with Gasteiger partial charge >= 0.3 is 5.97 Å². The van der Waals surface area contributed by atoms with Gasteiger partial charge in [-0.3, -0.25) is 9.98 Å². The van der Waals surface area contributed by atoms with Crippen molar-refractivity contribution >= 4 is 51.3 Å². The van der Waals surface area contributed by atoms with Gasteiger partial charge in [0.1, 0.15) is 16.5 Å². The number of thioether (sulfide) groups is 3. The van der Waals surface area contributed by atoms with E-state index in [1.54, 1.807) is 42.6 Å². The van der Waals surface area contributed by atoms with Crippen molar-refractivity contribution in [3.63, 3.8) is 0 Å². The lowest BCUT2D eigenvalue weighted by Crippen LogP contribution is -2.35. The highest BCUT2D eigenvalue weighted by molar-refractivity contribution is 8.15. The fraction of sp³-hybridized carbons (Fsp3) is 0.571. The van der Waals surface area contributed by atoms with Gasteiger partial charge in [0.25, 0.3) is 0 Å². The number of carboxylic acids is 1. The summed E-state index contributed by atoms with van der Waals surface area (Å²) in [6, 6.07) is 4.69. The topological polar surface area (TPSA) is 128 Å². The van der Waals surface area contributed by atoms with Gasteiger partial charge in [0.05, 0.1) is 11.1 Å². The Labute approximate surface area is 195 Å². The van der Waals surface area contributed by atoms with E-state index in [-0.39, 0.29) is 29.0 Å². The van der Waals surface area contributed by atoms with E-state index in [9.17, 15) is 20.1 Å². The molecule has 5 N–H and O–H groups in total. The molecule has 7 nitrogen and oxygen atoms in total. The van der Waals surface area contributed by atoms with Crippen LogP contribution < -0.4 is 5.73 Å². The monoisotopic (exact) mass is 483 g/mol. The summed E-state index contributed by atoms with van der Waals surface area (Å²) in [5.41, 5.74) is 5.74. The molecule has 3 rings (SSSR count). The molecule has 0 fully saturated rings. The Morgan fingerprint density at radius 1 is 1.39 bits per heavy atom. The van der Waals surface area contributed by atoms with Crippen LogP contribution in [0.25, 0.3) is 0 Å². The van der Waals surface area contributed by atoms with Gasteiger partial charge in [0.2, 0.25) is 0 Å². The second kappa shape index (κ2) is 9.64. The van der Waals surface area contributed by atoms with Crippen LogP contribution in [-0.4, -0.2) is 72.0 Å². The largest absolute Gasteiger partial charge is 0.508 e. The number of benzene rings is 1. The summed E-state index contributed by atoms with van der Waals surface area (Å²) < 4.78 is 0. The first kappa shape index (κ1) is 24.3. The molecule has 2 aliphatic rings. The molecule has 170 valence electrons. The molecule has 10 heteroatoms. The molecule has 31 heavy (non-hydrogen) atoms. The number of rotatable bonds is 9. The third-order valence-corrected chi connectivity index (χ3v) is 9.27. The zero-order valence-electron chi connectivity index (χ0n) is 17.9. The first-order chi connectivity index (χ1) is 14.5. The average Bonchev–Trinajstić information content (AvgIpc) is 3.29. The molecule has 3 unspecified atom stereocenters. The second-order valence-electron chi connectivity index (χ2n) is 8.77. The Hall–Kier alpha value is -1.36. The van der Waals surface area contributed by atoms with Crippen LogP contribution in [0.1, 0.15) is 32.8 Å². The van der Waals surface area contributed by atoms with Crippen molar-refractivity contribution in [2.24, 2.45) is 21.1 Å². The van der Waals surface area contributed by atoms with Crippen molar-refractivity contribution in [3.05, 3.63) is 23.8 Å². The maximum absolute atomic E-state index is 11.4. The number of aliphatic imine (C=N–C) groups is 2. The molecule has 0 radical (unpaired) electrons. The molecule has 1 aromatic carbocycles. The molecule has 0 amide bonds. The van der Waals surface area contributed by atoms with Crippen LogP contribution in [0.4, 0.5) is 0 Å². The summed E-state index contributed by atoms with van der Waals surface area (Å²) >= 11 is 4.89. The standard InChI is InChI=1S/C21H29N3O4S3/c1-20(2,18-24-21(3,11-31-18)19(27)28)7-12(22)8-29-9-13-10-30-17(23-13)15-5-4-14(25)6-16(15)26/h4-6,12-13,25-26H,7-11,22H2,1-3H3,(H,27,28). The Morgan fingerprint density at radius 2 is 2.13 bits per heavy atom. The second-order valence-corrected chi connectivity index (χ2v) is 11.8. The molecule has 1 aromatic rings. The Morgan fingerprint density at radius 3 is 2.77 bits per heavy atom. The highest BCUT2D eigenvalue weighted by Gasteiger charge is 2.42. The number of carbonyl (C=O) groups is 1. The van der Waals surface area contributed by atoms with E-state index in [2.05, 4.69) is 18.8 Å². The molecule has 2 heterocycles. The first-order valence-electron chi connectivity index (χ1n) is 10.0. The Kier molecular flexibility index (Phi) is 7.55. The van der Waals surface area contributed by atoms with Crippen LogP contribution in [-0.2, 0) is 4.79 Å². The molecule has 3 atom stereocenters. The quantitative estimate of drug-likeness (QED) is 0.421. The third-order valence-electron chi connectivity index (χ3n) is 5.22. The number of nitrogens with two attached hydrogens (primary N) is 1. The van der Waals surface area contributed by atoms with Gasteiger partial charge in [-0.1, -0.05) is 13.8 Å². The zero-order chi connectivity index (χ0) is 22.8. The van der Waals surface area contributed by atoms with Crippen molar-refractivity contribution in [3.8, 4) is 11.5 Å². The van der Waals surface area contributed by atoms with Crippen molar-refractivity contribution in [1.29, 1.82) is 0 Å². The molecule has 0 saturated heterocycles. The van der Waals surface area contributed by atoms with E-state index in [1.807, 2.05) is 0 Å². The average molecular weight is 484 g/mol. The van der Waals surface area contributed by atoms with E-state index >= 15 is 0 Å². The van der Waals surface area contributed by atoms with Gasteiger partial charge in [-0.15, -0.1) is 23.5 Å². The fourth-order valence-corrected chi connectivity index (χ4v) is 7.07. The van der Waals surface area contributed by atoms with Crippen molar-refractivity contribution in [1.82, 2.24) is 0 Å². The van der Waals surface area contributed by atoms with Crippen molar-refractivity contribution < 1.29 is 20.1 Å². The lowest BCUT2D eigenvalue weighted by atomic mass is 9.87. The lowest BCUT2D eigenvalue weighted by molar-refractivity contribution is -0.141. The minimum absolute atomic E-state index is 0.0290. The fourth-order valence-electron chi connectivity index (χ4n) is 3.46. The van der Waals surface area contributed by atoms with Gasteiger partial charge in [-0.05, 0) is 25.5 Å². The summed E-state index contributed by atoms with van der Waals surface area (Å²) in [5, 5.41) is 30.5. The summed E-state index contributed by atoms with van der Waals surface area (Å²) in [7, 11) is 0. The van der Waals surface area contributed by atoms with Crippen molar-refractivity contribution in [2.75, 3.05) is 23.0 Å². The molecular formula is C21H29N3O4S3. The Bertz CT molecular complexity index is 906. The number of aromatic hydroxyl groups is 2. The molecule has 0 saturated carbocycles. The maximum Gasteiger partial charge on any atom is 0.332 e. The van der Waals surface area contributed by atoms with Crippen LogP contribution in [0.2, 0.25) is 0 Å². The van der Waals surface area contributed by atoms with E-state index in [0.717, 1.165) is 33.8 Å². The maximum atomic E-state index is 11.4. The van der Waals surface area contributed by atoms with Crippen LogP contribution in [0.15, 0.2) is 28.2 Å². The lowest BCUT2D eigenvalue weighted by Gasteiger charge is -2.27. The van der Waals surface area contributed by atoms with Gasteiger partial charge in [-0.25, -0.2) is 4.79 Å². The number of nitrogens with zero attached hydrogens (tertiary/aromatic N) is 2. The van der Waals surface area contributed by atoms with Gasteiger partial charge < -0.3 is 21.1 Å². The van der Waals surface area contributed by atoms with Crippen molar-refractivity contribution in [2.45, 2.75) is 44.8 Å². The summed E-state index contributed by atoms with van der Waals surface area (Å²) in [6.45, 7) is 5.81. The molecular weight excluding hydrogens is 454 g/mol. The highest BCUT2D eigenvalue weighted by atomic mass is 32.2. The van der Waals surface area contributed by atoms with Crippen LogP contribution in [0.5, 0.6) is 11.5 Å². The van der Waals surface area contributed by atoms with Crippen LogP contribution in [0, 0.1) is 5.41 Å². The third kappa shape index (κ3) is 5.91. The molecule has 2 aliphatic heterocycles. The van der Waals surface area contributed by atoms with Gasteiger partial charge in [-0.2, -0.15) is 11.8 Å². The predicted molar refractivity (Wildman–Crippen MR) is 132 cm³/mol. The number of hydrogen-bond donors (Lipinski definition) is 4.